The van der Waals surface area contributed by atoms with E-state index in [9.17, 15) is 5.11 Å². The van der Waals surface area contributed by atoms with Gasteiger partial charge in [-0.15, -0.1) is 0 Å². The zero-order valence-electron chi connectivity index (χ0n) is 7.29. The van der Waals surface area contributed by atoms with Crippen LogP contribution in [0, 0.1) is 0 Å². The minimum atomic E-state index is -0.637. The maximum Gasteiger partial charge on any atom is 0.186 e. The number of hydrogen-bond acceptors (Lipinski definition) is 2. The Kier molecular flexibility index (Phi) is 2.92. The van der Waals surface area contributed by atoms with E-state index in [4.69, 9.17) is 11.5 Å². The fraction of sp³-hybridized carbons (Fsp3) is 0.875. The molecule has 4 nitrogen and oxygen atoms in total. The number of aliphatic hydroxyl groups is 1. The van der Waals surface area contributed by atoms with Crippen LogP contribution in [0.2, 0.25) is 0 Å². The van der Waals surface area contributed by atoms with Crippen molar-refractivity contribution in [2.75, 3.05) is 6.54 Å². The first-order chi connectivity index (χ1) is 5.62. The predicted molar refractivity (Wildman–Crippen MR) is 48.7 cm³/mol. The van der Waals surface area contributed by atoms with E-state index in [1.54, 1.807) is 0 Å². The summed E-state index contributed by atoms with van der Waals surface area (Å²) in [6.07, 6.45) is 5.02. The molecule has 0 aliphatic heterocycles. The molecule has 0 bridgehead atoms. The molecule has 0 saturated heterocycles. The van der Waals surface area contributed by atoms with Gasteiger partial charge in [-0.25, -0.2) is 0 Å². The summed E-state index contributed by atoms with van der Waals surface area (Å²) >= 11 is 0. The average Bonchev–Trinajstić information content (AvgIpc) is 2.03. The van der Waals surface area contributed by atoms with Crippen LogP contribution in [0.3, 0.4) is 0 Å². The summed E-state index contributed by atoms with van der Waals surface area (Å²) in [5.41, 5.74) is 9.73. The zero-order valence-corrected chi connectivity index (χ0v) is 7.29. The average molecular weight is 171 g/mol. The first kappa shape index (κ1) is 9.32. The van der Waals surface area contributed by atoms with Gasteiger partial charge in [-0.1, -0.05) is 19.3 Å². The van der Waals surface area contributed by atoms with Crippen LogP contribution in [0.5, 0.6) is 0 Å². The Labute approximate surface area is 72.7 Å². The van der Waals surface area contributed by atoms with Crippen molar-refractivity contribution in [2.24, 2.45) is 16.5 Å². The molecule has 70 valence electrons. The van der Waals surface area contributed by atoms with E-state index in [0.717, 1.165) is 25.7 Å². The van der Waals surface area contributed by atoms with Gasteiger partial charge >= 0.3 is 0 Å². The van der Waals surface area contributed by atoms with Crippen LogP contribution in [0.1, 0.15) is 32.1 Å². The van der Waals surface area contributed by atoms with Crippen molar-refractivity contribution in [1.82, 2.24) is 0 Å². The van der Waals surface area contributed by atoms with Crippen molar-refractivity contribution in [3.63, 3.8) is 0 Å². The van der Waals surface area contributed by atoms with Crippen LogP contribution in [-0.4, -0.2) is 23.2 Å². The SMILES string of the molecule is NC(N)=NCC1(O)CCCCC1. The number of guanidine groups is 1. The van der Waals surface area contributed by atoms with E-state index in [1.807, 2.05) is 0 Å². The van der Waals surface area contributed by atoms with Gasteiger partial charge in [0, 0.05) is 0 Å². The third-order valence-electron chi connectivity index (χ3n) is 2.34. The molecule has 0 spiro atoms. The van der Waals surface area contributed by atoms with Crippen LogP contribution in [-0.2, 0) is 0 Å². The summed E-state index contributed by atoms with van der Waals surface area (Å²) in [6, 6.07) is 0. The van der Waals surface area contributed by atoms with Crippen molar-refractivity contribution >= 4 is 5.96 Å². The van der Waals surface area contributed by atoms with Crippen LogP contribution >= 0.6 is 0 Å². The van der Waals surface area contributed by atoms with Gasteiger partial charge in [0.05, 0.1) is 12.1 Å². The third kappa shape index (κ3) is 2.70. The van der Waals surface area contributed by atoms with Gasteiger partial charge in [-0.3, -0.25) is 4.99 Å². The summed E-state index contributed by atoms with van der Waals surface area (Å²) in [4.78, 5) is 3.84. The monoisotopic (exact) mass is 171 g/mol. The molecule has 0 aromatic rings. The third-order valence-corrected chi connectivity index (χ3v) is 2.34. The Hall–Kier alpha value is -0.770. The van der Waals surface area contributed by atoms with Crippen LogP contribution in [0.15, 0.2) is 4.99 Å². The largest absolute Gasteiger partial charge is 0.388 e. The van der Waals surface area contributed by atoms with Gasteiger partial charge in [-0.2, -0.15) is 0 Å². The van der Waals surface area contributed by atoms with Gasteiger partial charge in [0.1, 0.15) is 0 Å². The summed E-state index contributed by atoms with van der Waals surface area (Å²) in [5.74, 6) is 0.0639. The van der Waals surface area contributed by atoms with Gasteiger partial charge < -0.3 is 16.6 Å². The molecule has 12 heavy (non-hydrogen) atoms. The Balaban J connectivity index is 2.41. The van der Waals surface area contributed by atoms with Gasteiger partial charge in [0.2, 0.25) is 0 Å². The van der Waals surface area contributed by atoms with Crippen molar-refractivity contribution in [1.29, 1.82) is 0 Å². The highest BCUT2D eigenvalue weighted by Gasteiger charge is 2.28. The fourth-order valence-corrected chi connectivity index (χ4v) is 1.61. The molecule has 1 fully saturated rings. The molecule has 1 aliphatic carbocycles. The Morgan fingerprint density at radius 1 is 1.25 bits per heavy atom. The topological polar surface area (TPSA) is 84.6 Å². The van der Waals surface area contributed by atoms with Crippen molar-refractivity contribution in [2.45, 2.75) is 37.7 Å². The lowest BCUT2D eigenvalue weighted by atomic mass is 9.85. The summed E-state index contributed by atoms with van der Waals surface area (Å²) in [7, 11) is 0. The molecule has 0 unspecified atom stereocenters. The molecule has 0 atom stereocenters. The van der Waals surface area contributed by atoms with E-state index in [0.29, 0.717) is 6.54 Å². The lowest BCUT2D eigenvalue weighted by molar-refractivity contribution is 0.0132. The minimum Gasteiger partial charge on any atom is -0.388 e. The quantitative estimate of drug-likeness (QED) is 0.402. The molecule has 1 saturated carbocycles. The van der Waals surface area contributed by atoms with E-state index in [1.165, 1.54) is 6.42 Å². The molecule has 0 radical (unpaired) electrons. The molecule has 0 heterocycles. The lowest BCUT2D eigenvalue weighted by Gasteiger charge is -2.30. The highest BCUT2D eigenvalue weighted by molar-refractivity contribution is 5.75. The lowest BCUT2D eigenvalue weighted by Crippen LogP contribution is -2.36. The zero-order chi connectivity index (χ0) is 9.03. The summed E-state index contributed by atoms with van der Waals surface area (Å²) < 4.78 is 0. The maximum atomic E-state index is 9.90. The predicted octanol–water partition coefficient (Wildman–Crippen LogP) is -0.0450. The van der Waals surface area contributed by atoms with E-state index < -0.39 is 5.60 Å². The summed E-state index contributed by atoms with van der Waals surface area (Å²) in [6.45, 7) is 0.356. The Bertz CT molecular complexity index is 169. The number of aliphatic imine (C=N–C) groups is 1. The smallest absolute Gasteiger partial charge is 0.186 e. The minimum absolute atomic E-state index is 0.0639. The second kappa shape index (κ2) is 3.76. The normalized spacial score (nSPS) is 21.8. The van der Waals surface area contributed by atoms with Crippen LogP contribution < -0.4 is 11.5 Å². The highest BCUT2D eigenvalue weighted by atomic mass is 16.3. The molecule has 1 aliphatic rings. The van der Waals surface area contributed by atoms with Gasteiger partial charge in [0.25, 0.3) is 0 Å². The Morgan fingerprint density at radius 3 is 2.33 bits per heavy atom. The molecule has 0 amide bonds. The van der Waals surface area contributed by atoms with Crippen molar-refractivity contribution < 1.29 is 5.11 Å². The first-order valence-electron chi connectivity index (χ1n) is 4.40. The number of nitrogens with two attached hydrogens (primary N) is 2. The number of rotatable bonds is 2. The second-order valence-electron chi connectivity index (χ2n) is 3.53. The summed E-state index contributed by atoms with van der Waals surface area (Å²) in [5, 5.41) is 9.90. The highest BCUT2D eigenvalue weighted by Crippen LogP contribution is 2.27. The maximum absolute atomic E-state index is 9.90. The van der Waals surface area contributed by atoms with E-state index in [2.05, 4.69) is 4.99 Å². The molecular formula is C8H17N3O. The molecule has 4 heteroatoms. The molecule has 0 aromatic heterocycles. The molecule has 5 N–H and O–H groups in total. The first-order valence-corrected chi connectivity index (χ1v) is 4.40. The van der Waals surface area contributed by atoms with Gasteiger partial charge in [0.15, 0.2) is 5.96 Å². The van der Waals surface area contributed by atoms with Crippen LogP contribution in [0.4, 0.5) is 0 Å². The standard InChI is InChI=1S/C8H17N3O/c9-7(10)11-6-8(12)4-2-1-3-5-8/h12H,1-6H2,(H4,9,10,11). The number of hydrogen-bond donors (Lipinski definition) is 3. The van der Waals surface area contributed by atoms with Crippen molar-refractivity contribution in [3.8, 4) is 0 Å². The molecule has 1 rings (SSSR count). The van der Waals surface area contributed by atoms with Crippen molar-refractivity contribution in [3.05, 3.63) is 0 Å². The molecular weight excluding hydrogens is 154 g/mol. The fourth-order valence-electron chi connectivity index (χ4n) is 1.61. The number of nitrogens with zero attached hydrogens (tertiary/aromatic N) is 1. The second-order valence-corrected chi connectivity index (χ2v) is 3.53. The Morgan fingerprint density at radius 2 is 1.83 bits per heavy atom. The van der Waals surface area contributed by atoms with Gasteiger partial charge in [-0.05, 0) is 12.8 Å². The van der Waals surface area contributed by atoms with Crippen LogP contribution in [0.25, 0.3) is 0 Å². The molecule has 0 aromatic carbocycles. The van der Waals surface area contributed by atoms with E-state index >= 15 is 0 Å². The van der Waals surface area contributed by atoms with E-state index in [-0.39, 0.29) is 5.96 Å².